The predicted octanol–water partition coefficient (Wildman–Crippen LogP) is 3.81. The molecule has 2 rings (SSSR count). The Morgan fingerprint density at radius 3 is 2.35 bits per heavy atom. The molecule has 3 nitrogen and oxygen atoms in total. The summed E-state index contributed by atoms with van der Waals surface area (Å²) in [7, 11) is 1.60. The van der Waals surface area contributed by atoms with Gasteiger partial charge in [0.15, 0.2) is 0 Å². The van der Waals surface area contributed by atoms with Crippen LogP contribution in [-0.4, -0.2) is 9.78 Å². The largest absolute Gasteiger partial charge is 0.417 e. The van der Waals surface area contributed by atoms with Gasteiger partial charge in [-0.1, -0.05) is 32.0 Å². The lowest BCUT2D eigenvalue weighted by Gasteiger charge is -2.15. The third-order valence-corrected chi connectivity index (χ3v) is 3.18. The van der Waals surface area contributed by atoms with E-state index in [0.717, 1.165) is 6.07 Å². The van der Waals surface area contributed by atoms with Crippen molar-refractivity contribution in [1.82, 2.24) is 9.78 Å². The number of benzene rings is 1. The van der Waals surface area contributed by atoms with E-state index in [2.05, 4.69) is 5.10 Å². The summed E-state index contributed by atoms with van der Waals surface area (Å²) in [5.74, 6) is 0.259. The predicted molar refractivity (Wildman–Crippen MR) is 72.1 cm³/mol. The molecule has 1 heterocycles. The summed E-state index contributed by atoms with van der Waals surface area (Å²) < 4.78 is 40.8. The van der Waals surface area contributed by atoms with Crippen molar-refractivity contribution < 1.29 is 13.2 Å². The van der Waals surface area contributed by atoms with Crippen LogP contribution < -0.4 is 5.73 Å². The van der Waals surface area contributed by atoms with Crippen LogP contribution in [0.25, 0.3) is 11.3 Å². The molecule has 0 aliphatic rings. The van der Waals surface area contributed by atoms with Gasteiger partial charge in [-0.2, -0.15) is 18.3 Å². The van der Waals surface area contributed by atoms with Gasteiger partial charge < -0.3 is 5.73 Å². The lowest BCUT2D eigenvalue weighted by atomic mass is 9.95. The monoisotopic (exact) mass is 283 g/mol. The summed E-state index contributed by atoms with van der Waals surface area (Å²) in [5.41, 5.74) is 6.32. The molecular formula is C14H16F3N3. The van der Waals surface area contributed by atoms with Crippen molar-refractivity contribution in [2.75, 3.05) is 5.73 Å². The van der Waals surface area contributed by atoms with Crippen LogP contribution in [0, 0.1) is 0 Å². The number of nitrogens with two attached hydrogens (primary N) is 1. The molecule has 0 saturated carbocycles. The number of alkyl halides is 3. The van der Waals surface area contributed by atoms with E-state index in [1.165, 1.54) is 16.8 Å². The van der Waals surface area contributed by atoms with Crippen molar-refractivity contribution in [2.24, 2.45) is 7.05 Å². The van der Waals surface area contributed by atoms with Crippen LogP contribution in [0.15, 0.2) is 24.3 Å². The molecule has 108 valence electrons. The lowest BCUT2D eigenvalue weighted by Crippen LogP contribution is -2.09. The summed E-state index contributed by atoms with van der Waals surface area (Å²) in [6, 6.07) is 5.48. The van der Waals surface area contributed by atoms with Gasteiger partial charge in [0, 0.05) is 18.2 Å². The summed E-state index contributed by atoms with van der Waals surface area (Å²) in [6.45, 7) is 3.76. The molecule has 1 aromatic carbocycles. The number of nitrogen functional groups attached to an aromatic ring is 1. The fourth-order valence-corrected chi connectivity index (χ4v) is 2.39. The van der Waals surface area contributed by atoms with Crippen LogP contribution in [0.1, 0.15) is 30.9 Å². The highest BCUT2D eigenvalue weighted by atomic mass is 19.4. The highest BCUT2D eigenvalue weighted by Gasteiger charge is 2.35. The van der Waals surface area contributed by atoms with E-state index in [4.69, 9.17) is 5.73 Å². The molecule has 0 atom stereocenters. The minimum atomic E-state index is -4.41. The molecule has 2 N–H and O–H groups in total. The van der Waals surface area contributed by atoms with Crippen molar-refractivity contribution in [3.05, 3.63) is 35.4 Å². The Morgan fingerprint density at radius 1 is 1.20 bits per heavy atom. The van der Waals surface area contributed by atoms with Crippen LogP contribution >= 0.6 is 0 Å². The zero-order valence-corrected chi connectivity index (χ0v) is 11.5. The first kappa shape index (κ1) is 14.4. The minimum absolute atomic E-state index is 0.0139. The van der Waals surface area contributed by atoms with Crippen LogP contribution in [0.2, 0.25) is 0 Å². The molecule has 0 radical (unpaired) electrons. The number of hydrogen-bond donors (Lipinski definition) is 1. The molecule has 0 unspecified atom stereocenters. The second-order valence-electron chi connectivity index (χ2n) is 4.97. The van der Waals surface area contributed by atoms with Gasteiger partial charge in [-0.3, -0.25) is 4.68 Å². The zero-order chi connectivity index (χ0) is 15.1. The smallest absolute Gasteiger partial charge is 0.382 e. The number of aromatic nitrogens is 2. The number of halogens is 3. The van der Waals surface area contributed by atoms with Crippen molar-refractivity contribution >= 4 is 5.82 Å². The van der Waals surface area contributed by atoms with Gasteiger partial charge in [0.2, 0.25) is 0 Å². The fourth-order valence-electron chi connectivity index (χ4n) is 2.39. The first-order valence-corrected chi connectivity index (χ1v) is 6.22. The van der Waals surface area contributed by atoms with Crippen molar-refractivity contribution in [3.8, 4) is 11.3 Å². The molecule has 0 amide bonds. The third-order valence-electron chi connectivity index (χ3n) is 3.18. The average Bonchev–Trinajstić information content (AvgIpc) is 2.63. The number of anilines is 1. The Morgan fingerprint density at radius 2 is 1.80 bits per heavy atom. The number of rotatable bonds is 2. The van der Waals surface area contributed by atoms with Crippen LogP contribution in [0.3, 0.4) is 0 Å². The molecule has 0 saturated heterocycles. The fraction of sp³-hybridized carbons (Fsp3) is 0.357. The second-order valence-corrected chi connectivity index (χ2v) is 4.97. The summed E-state index contributed by atoms with van der Waals surface area (Å²) in [4.78, 5) is 0. The molecule has 2 aromatic rings. The number of hydrogen-bond acceptors (Lipinski definition) is 2. The summed E-state index contributed by atoms with van der Waals surface area (Å²) in [5, 5.41) is 4.06. The van der Waals surface area contributed by atoms with Gasteiger partial charge in [-0.05, 0) is 12.0 Å². The number of aryl methyl sites for hydroxylation is 1. The van der Waals surface area contributed by atoms with Gasteiger partial charge in [0.1, 0.15) is 5.82 Å². The van der Waals surface area contributed by atoms with E-state index in [9.17, 15) is 13.2 Å². The molecule has 1 aromatic heterocycles. The Bertz CT molecular complexity index is 627. The van der Waals surface area contributed by atoms with Gasteiger partial charge in [0.25, 0.3) is 0 Å². The molecule has 0 spiro atoms. The molecule has 6 heteroatoms. The first-order valence-electron chi connectivity index (χ1n) is 6.22. The van der Waals surface area contributed by atoms with Crippen molar-refractivity contribution in [2.45, 2.75) is 25.9 Å². The second kappa shape index (κ2) is 4.85. The van der Waals surface area contributed by atoms with Gasteiger partial charge in [-0.25, -0.2) is 0 Å². The van der Waals surface area contributed by atoms with Crippen molar-refractivity contribution in [1.29, 1.82) is 0 Å². The van der Waals surface area contributed by atoms with E-state index < -0.39 is 11.7 Å². The van der Waals surface area contributed by atoms with Gasteiger partial charge in [-0.15, -0.1) is 0 Å². The molecule has 20 heavy (non-hydrogen) atoms. The van der Waals surface area contributed by atoms with Crippen LogP contribution in [0.5, 0.6) is 0 Å². The lowest BCUT2D eigenvalue weighted by molar-refractivity contribution is -0.137. The molecular weight excluding hydrogens is 267 g/mol. The Balaban J connectivity index is 2.76. The van der Waals surface area contributed by atoms with E-state index in [0.29, 0.717) is 11.3 Å². The Hall–Kier alpha value is -1.98. The number of nitrogens with zero attached hydrogens (tertiary/aromatic N) is 2. The van der Waals surface area contributed by atoms with Gasteiger partial charge in [0.05, 0.1) is 11.3 Å². The van der Waals surface area contributed by atoms with E-state index in [-0.39, 0.29) is 17.3 Å². The molecule has 0 aliphatic carbocycles. The molecule has 0 fully saturated rings. The normalized spacial score (nSPS) is 12.2. The topological polar surface area (TPSA) is 43.8 Å². The molecule has 0 aliphatic heterocycles. The highest BCUT2D eigenvalue weighted by Crippen LogP contribution is 2.40. The summed E-state index contributed by atoms with van der Waals surface area (Å²) in [6.07, 6.45) is -4.41. The summed E-state index contributed by atoms with van der Waals surface area (Å²) >= 11 is 0. The standard InChI is InChI=1S/C14H16F3N3/c1-8(2)11-12(20(3)19-13(11)18)9-6-4-5-7-10(9)14(15,16)17/h4-8H,1-3H3,(H2,18,19). The Kier molecular flexibility index (Phi) is 3.50. The van der Waals surface area contributed by atoms with E-state index in [1.807, 2.05) is 13.8 Å². The zero-order valence-electron chi connectivity index (χ0n) is 11.5. The maximum Gasteiger partial charge on any atom is 0.417 e. The van der Waals surface area contributed by atoms with Crippen LogP contribution in [0.4, 0.5) is 19.0 Å². The molecule has 0 bridgehead atoms. The Labute approximate surface area is 115 Å². The van der Waals surface area contributed by atoms with Crippen LogP contribution in [-0.2, 0) is 13.2 Å². The highest BCUT2D eigenvalue weighted by molar-refractivity contribution is 5.72. The quantitative estimate of drug-likeness (QED) is 0.910. The van der Waals surface area contributed by atoms with Gasteiger partial charge >= 0.3 is 6.18 Å². The first-order chi connectivity index (χ1) is 9.23. The maximum atomic E-state index is 13.1. The average molecular weight is 283 g/mol. The third kappa shape index (κ3) is 2.37. The van der Waals surface area contributed by atoms with E-state index in [1.54, 1.807) is 13.1 Å². The van der Waals surface area contributed by atoms with Crippen molar-refractivity contribution in [3.63, 3.8) is 0 Å². The van der Waals surface area contributed by atoms with E-state index >= 15 is 0 Å². The minimum Gasteiger partial charge on any atom is -0.382 e. The maximum absolute atomic E-state index is 13.1. The SMILES string of the molecule is CC(C)c1c(N)nn(C)c1-c1ccccc1C(F)(F)F.